The molecule has 8 nitrogen and oxygen atoms in total. The van der Waals surface area contributed by atoms with Gasteiger partial charge in [0.25, 0.3) is 17.4 Å². The fourth-order valence-corrected chi connectivity index (χ4v) is 2.05. The largest absolute Gasteiger partial charge is 0.468 e. The van der Waals surface area contributed by atoms with Crippen molar-refractivity contribution in [3.05, 3.63) is 42.9 Å². The van der Waals surface area contributed by atoms with Crippen LogP contribution >= 0.6 is 0 Å². The molecule has 1 aromatic carbocycles. The molecule has 1 aliphatic rings. The molecule has 8 heteroatoms. The molecule has 2 heterocycles. The summed E-state index contributed by atoms with van der Waals surface area (Å²) in [4.78, 5) is 43.0. The van der Waals surface area contributed by atoms with Crippen LogP contribution in [0.1, 0.15) is 6.92 Å². The van der Waals surface area contributed by atoms with Gasteiger partial charge >= 0.3 is 6.03 Å². The van der Waals surface area contributed by atoms with Crippen LogP contribution in [0.15, 0.2) is 42.9 Å². The third-order valence-electron chi connectivity index (χ3n) is 3.36. The molecule has 0 radical (unpaired) electrons. The lowest BCUT2D eigenvalue weighted by molar-refractivity contribution is -0.149. The minimum atomic E-state index is -1.82. The summed E-state index contributed by atoms with van der Waals surface area (Å²) in [6.07, 6.45) is 4.77. The van der Waals surface area contributed by atoms with Crippen LogP contribution in [0.2, 0.25) is 0 Å². The van der Waals surface area contributed by atoms with Crippen LogP contribution in [0.5, 0.6) is 5.75 Å². The second-order valence-corrected chi connectivity index (χ2v) is 4.99. The first-order valence-corrected chi connectivity index (χ1v) is 6.71. The highest BCUT2D eigenvalue weighted by molar-refractivity contribution is 6.21. The lowest BCUT2D eigenvalue weighted by atomic mass is 10.0. The zero-order valence-corrected chi connectivity index (χ0v) is 12.1. The minimum absolute atomic E-state index is 0.305. The first kappa shape index (κ1) is 14.6. The number of carbonyl (C=O) groups excluding carboxylic acids is 3. The number of barbiturate groups is 1. The standard InChI is InChI=1S/C15H12N4O4/c1-15(12(20)18-14(22)19-13(15)21)23-10-4-2-9(3-5-10)11-8-16-6-7-17-11/h2-8H,1H3,(H2,18,19,20,21,22). The van der Waals surface area contributed by atoms with Gasteiger partial charge in [0.1, 0.15) is 5.75 Å². The van der Waals surface area contributed by atoms with Crippen molar-refractivity contribution < 1.29 is 19.1 Å². The van der Waals surface area contributed by atoms with Crippen LogP contribution in [-0.2, 0) is 9.59 Å². The summed E-state index contributed by atoms with van der Waals surface area (Å²) in [6.45, 7) is 1.29. The fourth-order valence-electron chi connectivity index (χ4n) is 2.05. The Labute approximate surface area is 130 Å². The highest BCUT2D eigenvalue weighted by atomic mass is 16.5. The van der Waals surface area contributed by atoms with Crippen molar-refractivity contribution in [3.8, 4) is 17.0 Å². The van der Waals surface area contributed by atoms with E-state index in [0.717, 1.165) is 5.56 Å². The Bertz CT molecular complexity index is 754. The second-order valence-electron chi connectivity index (χ2n) is 4.99. The number of hydrogen-bond acceptors (Lipinski definition) is 6. The second kappa shape index (κ2) is 5.48. The molecule has 0 saturated carbocycles. The van der Waals surface area contributed by atoms with Crippen LogP contribution in [-0.4, -0.2) is 33.4 Å². The number of rotatable bonds is 3. The number of amides is 4. The molecular weight excluding hydrogens is 300 g/mol. The van der Waals surface area contributed by atoms with Gasteiger partial charge in [-0.05, 0) is 31.2 Å². The predicted octanol–water partition coefficient (Wildman–Crippen LogP) is 0.647. The number of urea groups is 1. The Morgan fingerprint density at radius 3 is 2.22 bits per heavy atom. The number of imide groups is 2. The first-order chi connectivity index (χ1) is 11.0. The quantitative estimate of drug-likeness (QED) is 0.805. The molecule has 2 aromatic rings. The topological polar surface area (TPSA) is 110 Å². The average molecular weight is 312 g/mol. The van der Waals surface area contributed by atoms with Crippen LogP contribution in [0.4, 0.5) is 4.79 Å². The molecule has 1 aliphatic heterocycles. The molecule has 4 amide bonds. The normalized spacial score (nSPS) is 16.5. The fraction of sp³-hybridized carbons (Fsp3) is 0.133. The molecule has 23 heavy (non-hydrogen) atoms. The molecule has 0 bridgehead atoms. The number of nitrogens with zero attached hydrogens (tertiary/aromatic N) is 2. The van der Waals surface area contributed by atoms with Gasteiger partial charge in [-0.25, -0.2) is 4.79 Å². The number of carbonyl (C=O) groups is 3. The van der Waals surface area contributed by atoms with Gasteiger partial charge in [-0.15, -0.1) is 0 Å². The van der Waals surface area contributed by atoms with Crippen molar-refractivity contribution in [3.63, 3.8) is 0 Å². The average Bonchev–Trinajstić information content (AvgIpc) is 2.54. The minimum Gasteiger partial charge on any atom is -0.468 e. The SMILES string of the molecule is CC1(Oc2ccc(-c3cnccn3)cc2)C(=O)NC(=O)NC1=O. The molecule has 0 unspecified atom stereocenters. The van der Waals surface area contributed by atoms with Gasteiger partial charge in [0.05, 0.1) is 11.9 Å². The molecule has 2 N–H and O–H groups in total. The van der Waals surface area contributed by atoms with Crippen molar-refractivity contribution >= 4 is 17.8 Å². The summed E-state index contributed by atoms with van der Waals surface area (Å²) in [6, 6.07) is 5.80. The van der Waals surface area contributed by atoms with E-state index in [2.05, 4.69) is 9.97 Å². The van der Waals surface area contributed by atoms with E-state index < -0.39 is 23.4 Å². The Morgan fingerprint density at radius 2 is 1.65 bits per heavy atom. The van der Waals surface area contributed by atoms with Crippen molar-refractivity contribution in [1.29, 1.82) is 0 Å². The van der Waals surface area contributed by atoms with Gasteiger partial charge in [0.2, 0.25) is 0 Å². The highest BCUT2D eigenvalue weighted by Gasteiger charge is 2.48. The zero-order chi connectivity index (χ0) is 16.4. The van der Waals surface area contributed by atoms with E-state index in [-0.39, 0.29) is 0 Å². The van der Waals surface area contributed by atoms with E-state index in [1.165, 1.54) is 6.92 Å². The third-order valence-corrected chi connectivity index (χ3v) is 3.36. The number of nitrogens with one attached hydrogen (secondary N) is 2. The number of aromatic nitrogens is 2. The van der Waals surface area contributed by atoms with Gasteiger partial charge in [-0.3, -0.25) is 30.2 Å². The van der Waals surface area contributed by atoms with Gasteiger partial charge in [0.15, 0.2) is 0 Å². The van der Waals surface area contributed by atoms with Crippen molar-refractivity contribution in [2.45, 2.75) is 12.5 Å². The number of ether oxygens (including phenoxy) is 1. The van der Waals surface area contributed by atoms with Gasteiger partial charge in [0, 0.05) is 18.0 Å². The molecule has 1 aromatic heterocycles. The van der Waals surface area contributed by atoms with Gasteiger partial charge < -0.3 is 4.74 Å². The summed E-state index contributed by atoms with van der Waals surface area (Å²) < 4.78 is 5.49. The van der Waals surface area contributed by atoms with Crippen molar-refractivity contribution in [2.75, 3.05) is 0 Å². The van der Waals surface area contributed by atoms with E-state index in [9.17, 15) is 14.4 Å². The maximum atomic E-state index is 11.9. The predicted molar refractivity (Wildman–Crippen MR) is 78.2 cm³/mol. The Morgan fingerprint density at radius 1 is 1.00 bits per heavy atom. The monoisotopic (exact) mass is 312 g/mol. The molecule has 0 aliphatic carbocycles. The highest BCUT2D eigenvalue weighted by Crippen LogP contribution is 2.24. The molecular formula is C15H12N4O4. The molecule has 116 valence electrons. The zero-order valence-electron chi connectivity index (χ0n) is 12.1. The maximum absolute atomic E-state index is 11.9. The summed E-state index contributed by atoms with van der Waals surface area (Å²) >= 11 is 0. The lowest BCUT2D eigenvalue weighted by Gasteiger charge is -2.30. The van der Waals surface area contributed by atoms with E-state index in [1.54, 1.807) is 42.9 Å². The summed E-state index contributed by atoms with van der Waals surface area (Å²) in [5, 5.41) is 4.01. The molecule has 1 saturated heterocycles. The van der Waals surface area contributed by atoms with Crippen LogP contribution in [0, 0.1) is 0 Å². The molecule has 0 atom stereocenters. The Balaban J connectivity index is 1.82. The summed E-state index contributed by atoms with van der Waals surface area (Å²) in [5.74, 6) is -1.33. The van der Waals surface area contributed by atoms with E-state index in [4.69, 9.17) is 4.74 Å². The third kappa shape index (κ3) is 2.73. The van der Waals surface area contributed by atoms with Crippen LogP contribution < -0.4 is 15.4 Å². The first-order valence-electron chi connectivity index (χ1n) is 6.71. The summed E-state index contributed by atoms with van der Waals surface area (Å²) in [7, 11) is 0. The van der Waals surface area contributed by atoms with Crippen LogP contribution in [0.25, 0.3) is 11.3 Å². The smallest absolute Gasteiger partial charge is 0.328 e. The molecule has 1 fully saturated rings. The van der Waals surface area contributed by atoms with Gasteiger partial charge in [-0.2, -0.15) is 0 Å². The van der Waals surface area contributed by atoms with E-state index in [0.29, 0.717) is 11.4 Å². The van der Waals surface area contributed by atoms with E-state index in [1.807, 2.05) is 10.6 Å². The molecule has 3 rings (SSSR count). The molecule has 0 spiro atoms. The van der Waals surface area contributed by atoms with Crippen molar-refractivity contribution in [1.82, 2.24) is 20.6 Å². The lowest BCUT2D eigenvalue weighted by Crippen LogP contribution is -2.67. The number of benzene rings is 1. The van der Waals surface area contributed by atoms with E-state index >= 15 is 0 Å². The Hall–Kier alpha value is -3.29. The maximum Gasteiger partial charge on any atom is 0.328 e. The number of hydrogen-bond donors (Lipinski definition) is 2. The van der Waals surface area contributed by atoms with Crippen LogP contribution in [0.3, 0.4) is 0 Å². The van der Waals surface area contributed by atoms with Crippen molar-refractivity contribution in [2.24, 2.45) is 0 Å². The summed E-state index contributed by atoms with van der Waals surface area (Å²) in [5.41, 5.74) is -0.325. The Kier molecular flexibility index (Phi) is 3.49. The van der Waals surface area contributed by atoms with Gasteiger partial charge in [-0.1, -0.05) is 0 Å².